The smallest absolute Gasteiger partial charge is 0.102 e. The monoisotopic (exact) mass is 282 g/mol. The van der Waals surface area contributed by atoms with Gasteiger partial charge < -0.3 is 14.2 Å². The van der Waals surface area contributed by atoms with E-state index in [9.17, 15) is 0 Å². The van der Waals surface area contributed by atoms with Gasteiger partial charge in [-0.05, 0) is 24.7 Å². The molecule has 0 unspecified atom stereocenters. The van der Waals surface area contributed by atoms with Crippen LogP contribution in [0.3, 0.4) is 0 Å². The number of rotatable bonds is 5. The quantitative estimate of drug-likeness (QED) is 0.721. The molecule has 4 atom stereocenters. The Kier molecular flexibility index (Phi) is 5.65. The first-order valence-corrected chi connectivity index (χ1v) is 8.08. The lowest BCUT2D eigenvalue weighted by Crippen LogP contribution is -2.51. The Hall–Kier alpha value is -0.380. The molecule has 0 bridgehead atoms. The lowest BCUT2D eigenvalue weighted by molar-refractivity contribution is -0.216. The molecule has 2 saturated heterocycles. The molecule has 2 aliphatic rings. The van der Waals surface area contributed by atoms with Gasteiger partial charge in [-0.15, -0.1) is 6.58 Å². The molecule has 2 rings (SSSR count). The molecule has 2 heterocycles. The summed E-state index contributed by atoms with van der Waals surface area (Å²) < 4.78 is 18.4. The normalized spacial score (nSPS) is 34.5. The molecule has 0 aromatic carbocycles. The van der Waals surface area contributed by atoms with Crippen molar-refractivity contribution in [1.29, 1.82) is 0 Å². The van der Waals surface area contributed by atoms with Crippen molar-refractivity contribution >= 4 is 0 Å². The van der Waals surface area contributed by atoms with E-state index in [4.69, 9.17) is 14.2 Å². The van der Waals surface area contributed by atoms with Crippen molar-refractivity contribution in [2.24, 2.45) is 11.8 Å². The van der Waals surface area contributed by atoms with Gasteiger partial charge in [-0.3, -0.25) is 0 Å². The molecule has 0 spiro atoms. The van der Waals surface area contributed by atoms with Gasteiger partial charge >= 0.3 is 0 Å². The van der Waals surface area contributed by atoms with Crippen LogP contribution in [0, 0.1) is 11.8 Å². The molecule has 3 heteroatoms. The summed E-state index contributed by atoms with van der Waals surface area (Å²) >= 11 is 0. The van der Waals surface area contributed by atoms with Crippen molar-refractivity contribution in [3.63, 3.8) is 0 Å². The lowest BCUT2D eigenvalue weighted by Gasteiger charge is -2.44. The molecule has 0 aliphatic carbocycles. The van der Waals surface area contributed by atoms with Crippen molar-refractivity contribution < 1.29 is 14.2 Å². The van der Waals surface area contributed by atoms with E-state index in [-0.39, 0.29) is 30.5 Å². The van der Waals surface area contributed by atoms with Gasteiger partial charge in [0.15, 0.2) is 0 Å². The fourth-order valence-electron chi connectivity index (χ4n) is 3.47. The highest BCUT2D eigenvalue weighted by atomic mass is 16.6. The second-order valence-electron chi connectivity index (χ2n) is 6.79. The van der Waals surface area contributed by atoms with Crippen LogP contribution in [-0.2, 0) is 14.2 Å². The van der Waals surface area contributed by atoms with Crippen LogP contribution in [0.1, 0.15) is 47.0 Å². The first kappa shape index (κ1) is 16.0. The predicted octanol–water partition coefficient (Wildman–Crippen LogP) is 3.57. The highest BCUT2D eigenvalue weighted by molar-refractivity contribution is 4.96. The van der Waals surface area contributed by atoms with Gasteiger partial charge in [-0.25, -0.2) is 0 Å². The maximum Gasteiger partial charge on any atom is 0.102 e. The molecule has 0 radical (unpaired) electrons. The summed E-state index contributed by atoms with van der Waals surface area (Å²) in [7, 11) is 0. The van der Waals surface area contributed by atoms with E-state index in [0.717, 1.165) is 25.9 Å². The number of fused-ring (bicyclic) bond motifs is 1. The summed E-state index contributed by atoms with van der Waals surface area (Å²) in [6.07, 6.45) is 5.76. The van der Waals surface area contributed by atoms with Crippen LogP contribution in [0.5, 0.6) is 0 Å². The Morgan fingerprint density at radius 2 is 1.85 bits per heavy atom. The summed E-state index contributed by atoms with van der Waals surface area (Å²) in [6, 6.07) is 0. The number of ether oxygens (including phenoxy) is 3. The minimum absolute atomic E-state index is 0.00190. The zero-order valence-electron chi connectivity index (χ0n) is 13.4. The Balaban J connectivity index is 2.02. The molecular formula is C17H30O3. The molecule has 20 heavy (non-hydrogen) atoms. The van der Waals surface area contributed by atoms with Gasteiger partial charge in [0, 0.05) is 13.0 Å². The summed E-state index contributed by atoms with van der Waals surface area (Å²) in [5, 5.41) is 0. The Bertz CT molecular complexity index is 305. The topological polar surface area (TPSA) is 27.7 Å². The third-order valence-corrected chi connectivity index (χ3v) is 4.42. The van der Waals surface area contributed by atoms with Crippen molar-refractivity contribution in [2.45, 2.75) is 77.5 Å². The average molecular weight is 282 g/mol. The predicted molar refractivity (Wildman–Crippen MR) is 80.8 cm³/mol. The van der Waals surface area contributed by atoms with Gasteiger partial charge in [0.05, 0.1) is 24.4 Å². The van der Waals surface area contributed by atoms with Crippen molar-refractivity contribution in [3.8, 4) is 0 Å². The molecule has 0 N–H and O–H groups in total. The summed E-state index contributed by atoms with van der Waals surface area (Å²) in [5.41, 5.74) is 0. The Labute approximate surface area is 123 Å². The fourth-order valence-corrected chi connectivity index (χ4v) is 3.47. The third-order valence-electron chi connectivity index (χ3n) is 4.42. The summed E-state index contributed by atoms with van der Waals surface area (Å²) in [5.74, 6) is 1.01. The molecule has 0 saturated carbocycles. The molecule has 0 amide bonds. The molecule has 2 fully saturated rings. The minimum atomic E-state index is -0.00190. The zero-order valence-corrected chi connectivity index (χ0v) is 13.4. The Morgan fingerprint density at radius 1 is 1.15 bits per heavy atom. The van der Waals surface area contributed by atoms with Crippen LogP contribution in [0.4, 0.5) is 0 Å². The standard InChI is InChI=1S/C17H30O3/c1-6-13-16(20-17(11(2)3)12(4)5)10-15-14(19-13)8-7-9-18-15/h6,11-17H,1,7-10H2,2-5H3/t13-,14+,15-,16-/m1/s1. The van der Waals surface area contributed by atoms with Gasteiger partial charge in [-0.2, -0.15) is 0 Å². The van der Waals surface area contributed by atoms with E-state index in [0.29, 0.717) is 11.8 Å². The van der Waals surface area contributed by atoms with Crippen molar-refractivity contribution in [2.75, 3.05) is 6.61 Å². The molecular weight excluding hydrogens is 252 g/mol. The third kappa shape index (κ3) is 3.63. The summed E-state index contributed by atoms with van der Waals surface area (Å²) in [4.78, 5) is 0. The highest BCUT2D eigenvalue weighted by Gasteiger charge is 2.40. The number of hydrogen-bond acceptors (Lipinski definition) is 3. The van der Waals surface area contributed by atoms with Crippen molar-refractivity contribution in [3.05, 3.63) is 12.7 Å². The lowest BCUT2D eigenvalue weighted by atomic mass is 9.91. The zero-order chi connectivity index (χ0) is 14.7. The van der Waals surface area contributed by atoms with E-state index in [1.807, 2.05) is 6.08 Å². The van der Waals surface area contributed by atoms with E-state index >= 15 is 0 Å². The highest BCUT2D eigenvalue weighted by Crippen LogP contribution is 2.33. The largest absolute Gasteiger partial charge is 0.375 e. The second kappa shape index (κ2) is 7.06. The molecule has 3 nitrogen and oxygen atoms in total. The maximum atomic E-state index is 6.39. The first-order chi connectivity index (χ1) is 9.52. The molecule has 0 aromatic heterocycles. The van der Waals surface area contributed by atoms with Crippen LogP contribution in [-0.4, -0.2) is 37.1 Å². The van der Waals surface area contributed by atoms with Crippen LogP contribution in [0.25, 0.3) is 0 Å². The van der Waals surface area contributed by atoms with E-state index in [1.165, 1.54) is 0 Å². The van der Waals surface area contributed by atoms with Crippen LogP contribution >= 0.6 is 0 Å². The summed E-state index contributed by atoms with van der Waals surface area (Å²) in [6.45, 7) is 13.7. The molecule has 0 aromatic rings. The van der Waals surface area contributed by atoms with Gasteiger partial charge in [0.2, 0.25) is 0 Å². The van der Waals surface area contributed by atoms with E-state index in [1.54, 1.807) is 0 Å². The first-order valence-electron chi connectivity index (χ1n) is 8.08. The Morgan fingerprint density at radius 3 is 2.45 bits per heavy atom. The van der Waals surface area contributed by atoms with Gasteiger partial charge in [0.1, 0.15) is 6.10 Å². The van der Waals surface area contributed by atoms with Crippen LogP contribution in [0.15, 0.2) is 12.7 Å². The van der Waals surface area contributed by atoms with E-state index < -0.39 is 0 Å². The molecule has 2 aliphatic heterocycles. The van der Waals surface area contributed by atoms with E-state index in [2.05, 4.69) is 34.3 Å². The fraction of sp³-hybridized carbons (Fsp3) is 0.882. The second-order valence-corrected chi connectivity index (χ2v) is 6.79. The van der Waals surface area contributed by atoms with Crippen LogP contribution in [0.2, 0.25) is 0 Å². The molecule has 116 valence electrons. The van der Waals surface area contributed by atoms with Gasteiger partial charge in [-0.1, -0.05) is 33.8 Å². The minimum Gasteiger partial charge on any atom is -0.375 e. The van der Waals surface area contributed by atoms with Gasteiger partial charge in [0.25, 0.3) is 0 Å². The maximum absolute atomic E-state index is 6.39. The SMILES string of the molecule is C=C[C@H]1O[C@H]2CCCO[C@@H]2C[C@H]1OC(C(C)C)C(C)C. The van der Waals surface area contributed by atoms with Crippen LogP contribution < -0.4 is 0 Å². The number of hydrogen-bond donors (Lipinski definition) is 0. The average Bonchev–Trinajstić information content (AvgIpc) is 2.42. The van der Waals surface area contributed by atoms with Crippen molar-refractivity contribution in [1.82, 2.24) is 0 Å².